The highest BCUT2D eigenvalue weighted by molar-refractivity contribution is 8.00. The van der Waals surface area contributed by atoms with Crippen LogP contribution in [0.25, 0.3) is 0 Å². The molecule has 0 N–H and O–H groups in total. The normalized spacial score (nSPS) is 10.0. The summed E-state index contributed by atoms with van der Waals surface area (Å²) in [5.41, 5.74) is 0. The average Bonchev–Trinajstić information content (AvgIpc) is 1.89. The molecule has 0 aromatic rings. The number of hydrogen-bond acceptors (Lipinski definition) is 2. The maximum absolute atomic E-state index is 4.28. The molecule has 0 aliphatic carbocycles. The summed E-state index contributed by atoms with van der Waals surface area (Å²) in [6.07, 6.45) is 0. The van der Waals surface area contributed by atoms with E-state index in [9.17, 15) is 0 Å². The van der Waals surface area contributed by atoms with Crippen molar-refractivity contribution in [3.05, 3.63) is 0 Å². The molecular formula is C6H14NS2. The van der Waals surface area contributed by atoms with E-state index >= 15 is 0 Å². The van der Waals surface area contributed by atoms with Gasteiger partial charge < -0.3 is 0 Å². The van der Waals surface area contributed by atoms with Crippen molar-refractivity contribution in [3.63, 3.8) is 0 Å². The molecule has 0 aromatic carbocycles. The Morgan fingerprint density at radius 2 is 1.44 bits per heavy atom. The van der Waals surface area contributed by atoms with Gasteiger partial charge in [-0.05, 0) is 11.5 Å². The zero-order valence-electron chi connectivity index (χ0n) is 6.09. The largest absolute Gasteiger partial charge is 0.220 e. The van der Waals surface area contributed by atoms with E-state index in [1.54, 1.807) is 0 Å². The van der Waals surface area contributed by atoms with E-state index in [0.717, 1.165) is 11.8 Å². The molecule has 0 saturated heterocycles. The Kier molecular flexibility index (Phi) is 9.30. The molecule has 55 valence electrons. The van der Waals surface area contributed by atoms with Gasteiger partial charge >= 0.3 is 0 Å². The summed E-state index contributed by atoms with van der Waals surface area (Å²) < 4.78 is 0. The molecule has 0 aliphatic heterocycles. The SMILES string of the molecule is CCSC[N]CSCC. The summed E-state index contributed by atoms with van der Waals surface area (Å²) in [7, 11) is 0. The molecule has 0 unspecified atom stereocenters. The standard InChI is InChI=1S/C6H14NS2/c1-3-8-5-7-6-9-4-2/h3-6H2,1-2H3. The van der Waals surface area contributed by atoms with E-state index in [0.29, 0.717) is 0 Å². The predicted molar refractivity (Wildman–Crippen MR) is 48.1 cm³/mol. The number of thioether (sulfide) groups is 2. The van der Waals surface area contributed by atoms with E-state index in [-0.39, 0.29) is 0 Å². The molecule has 0 fully saturated rings. The van der Waals surface area contributed by atoms with Crippen molar-refractivity contribution in [2.75, 3.05) is 23.3 Å². The maximum atomic E-state index is 4.28. The molecule has 9 heavy (non-hydrogen) atoms. The molecule has 1 nitrogen and oxygen atoms in total. The van der Waals surface area contributed by atoms with Gasteiger partial charge in [-0.1, -0.05) is 13.8 Å². The van der Waals surface area contributed by atoms with Gasteiger partial charge in [-0.3, -0.25) is 0 Å². The molecule has 0 atom stereocenters. The number of hydrogen-bond donors (Lipinski definition) is 0. The Labute approximate surface area is 66.4 Å². The van der Waals surface area contributed by atoms with Crippen LogP contribution >= 0.6 is 23.5 Å². The van der Waals surface area contributed by atoms with Gasteiger partial charge in [-0.2, -0.15) is 0 Å². The van der Waals surface area contributed by atoms with Crippen molar-refractivity contribution in [3.8, 4) is 0 Å². The summed E-state index contributed by atoms with van der Waals surface area (Å²) >= 11 is 3.76. The maximum Gasteiger partial charge on any atom is 0.0599 e. The van der Waals surface area contributed by atoms with E-state index in [1.165, 1.54) is 11.5 Å². The predicted octanol–water partition coefficient (Wildman–Crippen LogP) is 2.01. The van der Waals surface area contributed by atoms with Gasteiger partial charge in [-0.25, -0.2) is 5.32 Å². The van der Waals surface area contributed by atoms with Gasteiger partial charge in [0, 0.05) is 0 Å². The van der Waals surface area contributed by atoms with E-state index < -0.39 is 0 Å². The average molecular weight is 164 g/mol. The van der Waals surface area contributed by atoms with Crippen LogP contribution in [0, 0.1) is 0 Å². The Hall–Kier alpha value is 0.660. The molecule has 3 heteroatoms. The zero-order valence-corrected chi connectivity index (χ0v) is 7.73. The van der Waals surface area contributed by atoms with Gasteiger partial charge in [0.2, 0.25) is 0 Å². The van der Waals surface area contributed by atoms with Gasteiger partial charge in [0.25, 0.3) is 0 Å². The lowest BCUT2D eigenvalue weighted by Gasteiger charge is -1.97. The first-order valence-electron chi connectivity index (χ1n) is 3.20. The topological polar surface area (TPSA) is 14.1 Å². The van der Waals surface area contributed by atoms with Crippen LogP contribution in [0.15, 0.2) is 0 Å². The summed E-state index contributed by atoms with van der Waals surface area (Å²) in [6, 6.07) is 0. The summed E-state index contributed by atoms with van der Waals surface area (Å²) in [5.74, 6) is 4.31. The van der Waals surface area contributed by atoms with Crippen molar-refractivity contribution in [2.24, 2.45) is 0 Å². The molecule has 0 rings (SSSR count). The summed E-state index contributed by atoms with van der Waals surface area (Å²) in [6.45, 7) is 4.32. The van der Waals surface area contributed by atoms with Crippen LogP contribution in [0.2, 0.25) is 0 Å². The third-order valence-corrected chi connectivity index (χ3v) is 2.32. The molecule has 0 heterocycles. The van der Waals surface area contributed by atoms with Gasteiger partial charge in [0.1, 0.15) is 0 Å². The van der Waals surface area contributed by atoms with Crippen molar-refractivity contribution in [1.82, 2.24) is 5.32 Å². The molecule has 0 saturated carbocycles. The Morgan fingerprint density at radius 3 is 1.78 bits per heavy atom. The van der Waals surface area contributed by atoms with Crippen molar-refractivity contribution in [1.29, 1.82) is 0 Å². The number of nitrogens with zero attached hydrogens (tertiary/aromatic N) is 1. The Bertz CT molecular complexity index is 44.3. The molecule has 1 radical (unpaired) electrons. The molecule has 0 amide bonds. The first-order chi connectivity index (χ1) is 4.41. The highest BCUT2D eigenvalue weighted by atomic mass is 32.2. The third-order valence-electron chi connectivity index (χ3n) is 0.773. The van der Waals surface area contributed by atoms with Crippen LogP contribution in [0.5, 0.6) is 0 Å². The molecule has 0 aromatic heterocycles. The van der Waals surface area contributed by atoms with E-state index in [4.69, 9.17) is 0 Å². The summed E-state index contributed by atoms with van der Waals surface area (Å²) in [5, 5.41) is 4.28. The lowest BCUT2D eigenvalue weighted by Crippen LogP contribution is -2.02. The fourth-order valence-corrected chi connectivity index (χ4v) is 1.27. The first kappa shape index (κ1) is 9.66. The Morgan fingerprint density at radius 1 is 1.00 bits per heavy atom. The molecule has 0 aliphatic rings. The van der Waals surface area contributed by atoms with Crippen LogP contribution < -0.4 is 5.32 Å². The van der Waals surface area contributed by atoms with Crippen LogP contribution in [0.1, 0.15) is 13.8 Å². The monoisotopic (exact) mass is 164 g/mol. The summed E-state index contributed by atoms with van der Waals surface area (Å²) in [4.78, 5) is 0. The van der Waals surface area contributed by atoms with Crippen LogP contribution in [0.3, 0.4) is 0 Å². The molecular weight excluding hydrogens is 150 g/mol. The third kappa shape index (κ3) is 8.66. The van der Waals surface area contributed by atoms with Crippen molar-refractivity contribution >= 4 is 23.5 Å². The Balaban J connectivity index is 2.60. The minimum atomic E-state index is 0.976. The minimum Gasteiger partial charge on any atom is -0.220 e. The van der Waals surface area contributed by atoms with Crippen LogP contribution in [-0.2, 0) is 0 Å². The fraction of sp³-hybridized carbons (Fsp3) is 1.00. The van der Waals surface area contributed by atoms with Crippen LogP contribution in [0.4, 0.5) is 0 Å². The minimum absolute atomic E-state index is 0.976. The van der Waals surface area contributed by atoms with Gasteiger partial charge in [0.05, 0.1) is 11.8 Å². The first-order valence-corrected chi connectivity index (χ1v) is 5.51. The van der Waals surface area contributed by atoms with Gasteiger partial charge in [0.15, 0.2) is 0 Å². The number of rotatable bonds is 6. The fourth-order valence-electron chi connectivity index (χ4n) is 0.349. The quantitative estimate of drug-likeness (QED) is 0.558. The van der Waals surface area contributed by atoms with Crippen LogP contribution in [-0.4, -0.2) is 23.3 Å². The second-order valence-corrected chi connectivity index (χ2v) is 3.95. The smallest absolute Gasteiger partial charge is 0.0599 e. The van der Waals surface area contributed by atoms with Crippen molar-refractivity contribution in [2.45, 2.75) is 13.8 Å². The highest BCUT2D eigenvalue weighted by Gasteiger charge is 1.85. The van der Waals surface area contributed by atoms with E-state index in [2.05, 4.69) is 19.2 Å². The lowest BCUT2D eigenvalue weighted by molar-refractivity contribution is 0.926. The second kappa shape index (κ2) is 8.66. The van der Waals surface area contributed by atoms with Crippen molar-refractivity contribution < 1.29 is 0 Å². The molecule has 0 bridgehead atoms. The second-order valence-electron chi connectivity index (χ2n) is 1.47. The molecule has 0 spiro atoms. The lowest BCUT2D eigenvalue weighted by atomic mass is 11.0. The van der Waals surface area contributed by atoms with E-state index in [1.807, 2.05) is 23.5 Å². The highest BCUT2D eigenvalue weighted by Crippen LogP contribution is 1.99. The zero-order chi connectivity index (χ0) is 6.95. The van der Waals surface area contributed by atoms with Gasteiger partial charge in [-0.15, -0.1) is 23.5 Å².